The number of pyridine rings is 1. The van der Waals surface area contributed by atoms with Crippen LogP contribution in [0.2, 0.25) is 0 Å². The van der Waals surface area contributed by atoms with Crippen LogP contribution in [0.5, 0.6) is 0 Å². The topological polar surface area (TPSA) is 50.2 Å². The average Bonchev–Trinajstić information content (AvgIpc) is 3.05. The first-order chi connectivity index (χ1) is 21.0. The molecule has 1 radical (unpaired) electrons. The molecule has 0 atom stereocenters. The van der Waals surface area contributed by atoms with E-state index in [1.54, 1.807) is 54.6 Å². The number of aromatic nitrogens is 1. The van der Waals surface area contributed by atoms with Gasteiger partial charge in [0.2, 0.25) is 0 Å². The van der Waals surface area contributed by atoms with Gasteiger partial charge in [-0.1, -0.05) is 126 Å². The summed E-state index contributed by atoms with van der Waals surface area (Å²) in [5.41, 5.74) is 5.01. The fourth-order valence-electron chi connectivity index (χ4n) is 5.17. The van der Waals surface area contributed by atoms with E-state index in [1.165, 1.54) is 17.7 Å². The monoisotopic (exact) mass is 753 g/mol. The van der Waals surface area contributed by atoms with Crippen molar-refractivity contribution in [1.29, 1.82) is 0 Å². The average molecular weight is 753 g/mol. The molecule has 0 saturated heterocycles. The predicted molar refractivity (Wildman–Crippen MR) is 174 cm³/mol. The Hall–Kier alpha value is -4.96. The molecule has 1 N–H and O–H groups in total. The summed E-state index contributed by atoms with van der Waals surface area (Å²) in [6, 6.07) is 44.4. The van der Waals surface area contributed by atoms with Crippen molar-refractivity contribution < 1.29 is 34.4 Å². The number of para-hydroxylation sites is 1. The number of aliphatic hydroxyl groups excluding tert-OH is 1. The van der Waals surface area contributed by atoms with Gasteiger partial charge in [-0.3, -0.25) is 9.78 Å². The minimum absolute atomic E-state index is 0. The number of aryl methyl sites for hydroxylation is 1. The number of ketones is 1. The van der Waals surface area contributed by atoms with Gasteiger partial charge in [0.1, 0.15) is 11.6 Å². The molecule has 217 valence electrons. The van der Waals surface area contributed by atoms with Gasteiger partial charge in [-0.15, -0.1) is 23.8 Å². The molecule has 44 heavy (non-hydrogen) atoms. The van der Waals surface area contributed by atoms with Crippen molar-refractivity contribution in [2.45, 2.75) is 6.92 Å². The van der Waals surface area contributed by atoms with Crippen LogP contribution < -0.4 is 0 Å². The number of benzene rings is 6. The van der Waals surface area contributed by atoms with Gasteiger partial charge in [0, 0.05) is 42.7 Å². The second-order valence-electron chi connectivity index (χ2n) is 10.2. The number of hydrogen-bond acceptors (Lipinski definition) is 3. The van der Waals surface area contributed by atoms with Gasteiger partial charge in [0.15, 0.2) is 5.78 Å². The zero-order valence-electron chi connectivity index (χ0n) is 23.8. The molecule has 0 fully saturated rings. The van der Waals surface area contributed by atoms with Crippen molar-refractivity contribution in [3.8, 4) is 11.3 Å². The molecule has 5 heteroatoms. The molecule has 0 aliphatic rings. The predicted octanol–water partition coefficient (Wildman–Crippen LogP) is 9.92. The molecule has 0 spiro atoms. The molecule has 3 nitrogen and oxygen atoms in total. The van der Waals surface area contributed by atoms with Gasteiger partial charge in [0.05, 0.1) is 5.52 Å². The van der Waals surface area contributed by atoms with E-state index in [-0.39, 0.29) is 37.5 Å². The smallest absolute Gasteiger partial charge is 0.189 e. The van der Waals surface area contributed by atoms with E-state index < -0.39 is 0 Å². The normalized spacial score (nSPS) is 11.1. The zero-order chi connectivity index (χ0) is 29.8. The van der Waals surface area contributed by atoms with Crippen LogP contribution in [0.25, 0.3) is 49.5 Å². The zero-order valence-corrected chi connectivity index (χ0v) is 26.2. The van der Waals surface area contributed by atoms with Crippen molar-refractivity contribution in [2.75, 3.05) is 0 Å². The van der Waals surface area contributed by atoms with Gasteiger partial charge >= 0.3 is 0 Å². The van der Waals surface area contributed by atoms with Gasteiger partial charge in [-0.25, -0.2) is 4.39 Å². The van der Waals surface area contributed by atoms with Crippen molar-refractivity contribution in [3.63, 3.8) is 0 Å². The quantitative estimate of drug-likeness (QED) is 0.0641. The number of carbonyl (C=O) groups is 1. The van der Waals surface area contributed by atoms with Crippen LogP contribution in [0.15, 0.2) is 140 Å². The first kappa shape index (κ1) is 30.5. The maximum absolute atomic E-state index is 14.3. The van der Waals surface area contributed by atoms with E-state index in [0.29, 0.717) is 16.5 Å². The summed E-state index contributed by atoms with van der Waals surface area (Å²) in [7, 11) is 0. The number of halogens is 1. The minimum atomic E-state index is -0.223. The molecule has 7 aromatic rings. The summed E-state index contributed by atoms with van der Waals surface area (Å²) in [5, 5.41) is 14.6. The Bertz CT molecular complexity index is 2130. The van der Waals surface area contributed by atoms with Crippen LogP contribution in [0.1, 0.15) is 21.5 Å². The van der Waals surface area contributed by atoms with E-state index in [4.69, 9.17) is 4.98 Å². The Morgan fingerprint density at radius 2 is 1.36 bits per heavy atom. The summed E-state index contributed by atoms with van der Waals surface area (Å²) >= 11 is 0. The van der Waals surface area contributed by atoms with E-state index in [9.17, 15) is 14.3 Å². The van der Waals surface area contributed by atoms with Crippen molar-refractivity contribution >= 4 is 44.0 Å². The molecule has 0 aliphatic carbocycles. The Morgan fingerprint density at radius 3 is 2.11 bits per heavy atom. The number of nitrogens with zero attached hydrogens (tertiary/aromatic N) is 1. The molecule has 1 heterocycles. The standard InChI is InChI=1S/C24H15FN.C15H12O2.Ir/c1-15-12-13-20-21(14-15)18-6-2-3-11-23(18)26-24(20)19-9-4-8-17-16(19)7-5-10-22(17)25;16-14(12-7-3-1-4-8-12)11-15(17)13-9-5-2-6-10-13;/h2-8,10-14H,1H3;1-11,16H;/q-1;;/b;14-11-;. The number of hydrogen-bond donors (Lipinski definition) is 1. The number of carbonyl (C=O) groups excluding carboxylic acids is 1. The first-order valence-electron chi connectivity index (χ1n) is 13.9. The maximum Gasteiger partial charge on any atom is 0.189 e. The van der Waals surface area contributed by atoms with Crippen LogP contribution >= 0.6 is 0 Å². The van der Waals surface area contributed by atoms with Crippen molar-refractivity contribution in [3.05, 3.63) is 168 Å². The molecule has 0 aliphatic heterocycles. The fraction of sp³-hybridized carbons (Fsp3) is 0.0256. The van der Waals surface area contributed by atoms with Gasteiger partial charge in [0.25, 0.3) is 0 Å². The first-order valence-corrected chi connectivity index (χ1v) is 13.9. The Balaban J connectivity index is 0.000000187. The SMILES string of the molecule is Cc1ccc2c(-c3[c-]ccc4c(F)cccc34)nc3ccccc3c2c1.O=C(/C=C(\O)c1ccccc1)c1ccccc1.[Ir]. The summed E-state index contributed by atoms with van der Waals surface area (Å²) in [6.07, 6.45) is 1.24. The van der Waals surface area contributed by atoms with Crippen LogP contribution in [0.4, 0.5) is 4.39 Å². The third-order valence-corrected chi connectivity index (χ3v) is 7.29. The molecular formula is C39H27FIrNO2-. The van der Waals surface area contributed by atoms with Crippen LogP contribution in [0.3, 0.4) is 0 Å². The third kappa shape index (κ3) is 6.35. The Morgan fingerprint density at radius 1 is 0.705 bits per heavy atom. The number of aliphatic hydroxyl groups is 1. The van der Waals surface area contributed by atoms with Crippen LogP contribution in [-0.4, -0.2) is 15.9 Å². The summed E-state index contributed by atoms with van der Waals surface area (Å²) in [6.45, 7) is 2.09. The number of allylic oxidation sites excluding steroid dienone is 1. The maximum atomic E-state index is 14.3. The van der Waals surface area contributed by atoms with Crippen molar-refractivity contribution in [2.24, 2.45) is 0 Å². The number of fused-ring (bicyclic) bond motifs is 4. The van der Waals surface area contributed by atoms with Crippen LogP contribution in [0, 0.1) is 18.8 Å². The fourth-order valence-corrected chi connectivity index (χ4v) is 5.17. The molecule has 0 unspecified atom stereocenters. The third-order valence-electron chi connectivity index (χ3n) is 7.29. The molecule has 0 saturated carbocycles. The molecular weight excluding hydrogens is 726 g/mol. The van der Waals surface area contributed by atoms with E-state index in [0.717, 1.165) is 38.3 Å². The molecule has 6 aromatic carbocycles. The van der Waals surface area contributed by atoms with E-state index >= 15 is 0 Å². The van der Waals surface area contributed by atoms with Gasteiger partial charge < -0.3 is 5.11 Å². The molecule has 7 rings (SSSR count). The van der Waals surface area contributed by atoms with Crippen LogP contribution in [-0.2, 0) is 20.1 Å². The number of rotatable bonds is 4. The van der Waals surface area contributed by atoms with Gasteiger partial charge in [-0.2, -0.15) is 0 Å². The Labute approximate surface area is 268 Å². The van der Waals surface area contributed by atoms with Gasteiger partial charge in [-0.05, 0) is 35.5 Å². The largest absolute Gasteiger partial charge is 0.507 e. The molecule has 0 amide bonds. The van der Waals surface area contributed by atoms with E-state index in [1.807, 2.05) is 48.5 Å². The Kier molecular flexibility index (Phi) is 9.40. The second kappa shape index (κ2) is 13.6. The summed E-state index contributed by atoms with van der Waals surface area (Å²) < 4.78 is 14.3. The second-order valence-corrected chi connectivity index (χ2v) is 10.2. The minimum Gasteiger partial charge on any atom is -0.507 e. The summed E-state index contributed by atoms with van der Waals surface area (Å²) in [4.78, 5) is 16.7. The van der Waals surface area contributed by atoms with Crippen molar-refractivity contribution in [1.82, 2.24) is 4.98 Å². The molecule has 1 aromatic heterocycles. The van der Waals surface area contributed by atoms with E-state index in [2.05, 4.69) is 37.3 Å². The molecule has 0 bridgehead atoms. The summed E-state index contributed by atoms with van der Waals surface area (Å²) in [5.74, 6) is -0.440.